The fourth-order valence-corrected chi connectivity index (χ4v) is 5.97. The van der Waals surface area contributed by atoms with Crippen LogP contribution in [-0.2, 0) is 38.2 Å². The number of aliphatic hydroxyl groups is 1. The topological polar surface area (TPSA) is 143 Å². The minimum atomic E-state index is -1.41. The van der Waals surface area contributed by atoms with E-state index in [9.17, 15) is 29.1 Å². The van der Waals surface area contributed by atoms with Crippen molar-refractivity contribution in [3.8, 4) is 0 Å². The lowest BCUT2D eigenvalue weighted by Crippen LogP contribution is -2.58. The lowest BCUT2D eigenvalue weighted by molar-refractivity contribution is -0.190. The molecule has 0 aromatic rings. The molecule has 47 heavy (non-hydrogen) atoms. The van der Waals surface area contributed by atoms with Gasteiger partial charge in [0, 0.05) is 14.1 Å². The number of hydrogen-bond donors (Lipinski definition) is 1. The van der Waals surface area contributed by atoms with Crippen LogP contribution in [0.15, 0.2) is 0 Å². The van der Waals surface area contributed by atoms with Crippen molar-refractivity contribution < 1.29 is 43.3 Å². The highest BCUT2D eigenvalue weighted by Gasteiger charge is 2.45. The maximum atomic E-state index is 14.0. The van der Waals surface area contributed by atoms with Crippen LogP contribution in [0.3, 0.4) is 0 Å². The molecule has 0 aliphatic carbocycles. The molecule has 1 rings (SSSR count). The number of likely N-dealkylation sites (N-methyl/N-ethyl adjacent to an activating group) is 3. The average Bonchev–Trinajstić information content (AvgIpc) is 2.96. The van der Waals surface area contributed by atoms with Gasteiger partial charge in [-0.1, -0.05) is 83.1 Å². The summed E-state index contributed by atoms with van der Waals surface area (Å²) < 4.78 is 17.8. The standard InChI is InChI=1S/C35H63N3O9/c1-16-23(12)29-32(41)36(13)24(17-18(2)3)33(42)45-27(21(8)9)30(39)37(14)25(19(4)5)34(43)46-28(22(10)11)31(40)38(15)26(20(6)7)35(44)47-29/h18-29,32,41H,16-17H2,1-15H3. The molecule has 1 fully saturated rings. The summed E-state index contributed by atoms with van der Waals surface area (Å²) in [6, 6.07) is -3.16. The molecule has 1 aliphatic rings. The molecule has 12 nitrogen and oxygen atoms in total. The second-order valence-electron chi connectivity index (χ2n) is 15.0. The number of ether oxygens (including phenoxy) is 3. The SMILES string of the molecule is CCC(C)C1OC(=O)C(C(C)C)N(C)C(=O)C(C(C)C)OC(=O)C(C(C)C)N(C)C(=O)C(C(C)C)OC(=O)C(CC(C)C)N(C)C1O. The highest BCUT2D eigenvalue weighted by molar-refractivity contribution is 5.92. The maximum Gasteiger partial charge on any atom is 0.329 e. The Morgan fingerprint density at radius 2 is 1.00 bits per heavy atom. The van der Waals surface area contributed by atoms with E-state index >= 15 is 0 Å². The summed E-state index contributed by atoms with van der Waals surface area (Å²) in [6.45, 7) is 21.6. The number of carbonyl (C=O) groups is 5. The molecule has 0 radical (unpaired) electrons. The summed E-state index contributed by atoms with van der Waals surface area (Å²) in [4.78, 5) is 73.4. The van der Waals surface area contributed by atoms with Crippen molar-refractivity contribution in [1.29, 1.82) is 0 Å². The number of amides is 2. The van der Waals surface area contributed by atoms with Gasteiger partial charge in [0.25, 0.3) is 11.8 Å². The molecule has 0 saturated carbocycles. The monoisotopic (exact) mass is 669 g/mol. The van der Waals surface area contributed by atoms with Crippen molar-refractivity contribution in [2.45, 2.75) is 139 Å². The van der Waals surface area contributed by atoms with Gasteiger partial charge in [0.05, 0.1) is 0 Å². The van der Waals surface area contributed by atoms with E-state index in [0.29, 0.717) is 6.42 Å². The first-order chi connectivity index (χ1) is 21.6. The molecule has 1 saturated heterocycles. The molecule has 0 aromatic heterocycles. The summed E-state index contributed by atoms with van der Waals surface area (Å²) >= 11 is 0. The highest BCUT2D eigenvalue weighted by Crippen LogP contribution is 2.27. The van der Waals surface area contributed by atoms with Crippen LogP contribution in [0.1, 0.15) is 95.9 Å². The second kappa shape index (κ2) is 18.1. The van der Waals surface area contributed by atoms with Crippen molar-refractivity contribution in [3.63, 3.8) is 0 Å². The fourth-order valence-electron chi connectivity index (χ4n) is 5.97. The lowest BCUT2D eigenvalue weighted by atomic mass is 9.96. The Labute approximate surface area is 282 Å². The van der Waals surface area contributed by atoms with Crippen LogP contribution in [0.4, 0.5) is 0 Å². The molecule has 8 unspecified atom stereocenters. The van der Waals surface area contributed by atoms with Crippen LogP contribution in [0.5, 0.6) is 0 Å². The maximum absolute atomic E-state index is 14.0. The van der Waals surface area contributed by atoms with Crippen molar-refractivity contribution in [2.24, 2.45) is 35.5 Å². The van der Waals surface area contributed by atoms with E-state index < -0.39 is 96.1 Å². The Balaban J connectivity index is 3.97. The van der Waals surface area contributed by atoms with Gasteiger partial charge in [0.1, 0.15) is 30.5 Å². The first-order valence-electron chi connectivity index (χ1n) is 17.1. The van der Waals surface area contributed by atoms with Gasteiger partial charge in [0.2, 0.25) is 0 Å². The van der Waals surface area contributed by atoms with Crippen LogP contribution >= 0.6 is 0 Å². The molecular weight excluding hydrogens is 606 g/mol. The molecule has 0 bridgehead atoms. The Bertz CT molecular complexity index is 1080. The third-order valence-electron chi connectivity index (χ3n) is 9.09. The smallest absolute Gasteiger partial charge is 0.329 e. The third kappa shape index (κ3) is 10.6. The fraction of sp³-hybridized carbons (Fsp3) is 0.857. The number of carbonyl (C=O) groups excluding carboxylic acids is 5. The van der Waals surface area contributed by atoms with Gasteiger partial charge in [-0.3, -0.25) is 19.3 Å². The summed E-state index contributed by atoms with van der Waals surface area (Å²) in [5.74, 6) is -5.49. The summed E-state index contributed by atoms with van der Waals surface area (Å²) in [5, 5.41) is 11.7. The molecule has 1 aliphatic heterocycles. The number of rotatable bonds is 8. The Hall–Kier alpha value is -2.73. The van der Waals surface area contributed by atoms with Gasteiger partial charge in [-0.05, 0) is 55.4 Å². The largest absolute Gasteiger partial charge is 0.456 e. The van der Waals surface area contributed by atoms with Crippen molar-refractivity contribution in [2.75, 3.05) is 21.1 Å². The van der Waals surface area contributed by atoms with Crippen LogP contribution in [0.25, 0.3) is 0 Å². The molecule has 8 atom stereocenters. The molecule has 1 heterocycles. The lowest BCUT2D eigenvalue weighted by Gasteiger charge is -2.40. The van der Waals surface area contributed by atoms with Crippen molar-refractivity contribution in [3.05, 3.63) is 0 Å². The molecule has 1 N–H and O–H groups in total. The van der Waals surface area contributed by atoms with Crippen LogP contribution in [-0.4, -0.2) is 113 Å². The predicted molar refractivity (Wildman–Crippen MR) is 179 cm³/mol. The first kappa shape index (κ1) is 42.3. The normalized spacial score (nSPS) is 29.4. The highest BCUT2D eigenvalue weighted by atomic mass is 16.6. The number of nitrogens with zero attached hydrogens (tertiary/aromatic N) is 3. The second-order valence-corrected chi connectivity index (χ2v) is 15.0. The first-order valence-corrected chi connectivity index (χ1v) is 17.1. The summed E-state index contributed by atoms with van der Waals surface area (Å²) in [7, 11) is 4.48. The van der Waals surface area contributed by atoms with E-state index in [1.807, 2.05) is 27.7 Å². The predicted octanol–water partition coefficient (Wildman–Crippen LogP) is 3.72. The molecular formula is C35H63N3O9. The van der Waals surface area contributed by atoms with E-state index in [0.717, 1.165) is 0 Å². The van der Waals surface area contributed by atoms with Crippen molar-refractivity contribution >= 4 is 29.7 Å². The molecule has 0 aromatic carbocycles. The van der Waals surface area contributed by atoms with E-state index in [2.05, 4.69) is 0 Å². The molecule has 272 valence electrons. The van der Waals surface area contributed by atoms with Gasteiger partial charge >= 0.3 is 17.9 Å². The van der Waals surface area contributed by atoms with Crippen LogP contribution < -0.4 is 0 Å². The molecule has 2 amide bonds. The molecule has 12 heteroatoms. The zero-order valence-corrected chi connectivity index (χ0v) is 31.5. The van der Waals surface area contributed by atoms with Crippen LogP contribution in [0, 0.1) is 35.5 Å². The van der Waals surface area contributed by atoms with Crippen molar-refractivity contribution in [1.82, 2.24) is 14.7 Å². The number of aliphatic hydroxyl groups excluding tert-OH is 1. The third-order valence-corrected chi connectivity index (χ3v) is 9.09. The Morgan fingerprint density at radius 1 is 0.617 bits per heavy atom. The van der Waals surface area contributed by atoms with E-state index in [4.69, 9.17) is 14.2 Å². The van der Waals surface area contributed by atoms with Gasteiger partial charge in [-0.15, -0.1) is 0 Å². The molecule has 0 spiro atoms. The Morgan fingerprint density at radius 3 is 1.34 bits per heavy atom. The number of esters is 3. The average molecular weight is 670 g/mol. The zero-order chi connectivity index (χ0) is 36.7. The van der Waals surface area contributed by atoms with Gasteiger partial charge in [-0.2, -0.15) is 0 Å². The van der Waals surface area contributed by atoms with Gasteiger partial charge < -0.3 is 29.1 Å². The number of cyclic esters (lactones) is 3. The van der Waals surface area contributed by atoms with E-state index in [1.165, 1.54) is 28.8 Å². The quantitative estimate of drug-likeness (QED) is 0.300. The minimum Gasteiger partial charge on any atom is -0.456 e. The van der Waals surface area contributed by atoms with Crippen LogP contribution in [0.2, 0.25) is 0 Å². The zero-order valence-electron chi connectivity index (χ0n) is 31.5. The Kier molecular flexibility index (Phi) is 16.3. The van der Waals surface area contributed by atoms with Gasteiger partial charge in [-0.25, -0.2) is 9.59 Å². The number of hydrogen-bond acceptors (Lipinski definition) is 10. The summed E-state index contributed by atoms with van der Waals surface area (Å²) in [6.07, 6.45) is -4.16. The summed E-state index contributed by atoms with van der Waals surface area (Å²) in [5.41, 5.74) is 0. The minimum absolute atomic E-state index is 0.000453. The van der Waals surface area contributed by atoms with Gasteiger partial charge in [0.15, 0.2) is 12.2 Å². The van der Waals surface area contributed by atoms with E-state index in [1.54, 1.807) is 62.4 Å². The van der Waals surface area contributed by atoms with E-state index in [-0.39, 0.29) is 18.3 Å².